The molecule has 0 aliphatic carbocycles. The van der Waals surface area contributed by atoms with Crippen LogP contribution in [0.5, 0.6) is 0 Å². The van der Waals surface area contributed by atoms with Crippen LogP contribution in [-0.2, 0) is 6.42 Å². The monoisotopic (exact) mass is 350 g/mol. The Morgan fingerprint density at radius 1 is 1.12 bits per heavy atom. The van der Waals surface area contributed by atoms with Crippen LogP contribution in [0.15, 0.2) is 28.7 Å². The molecule has 0 amide bonds. The van der Waals surface area contributed by atoms with Gasteiger partial charge in [-0.1, -0.05) is 0 Å². The number of hydrogen-bond donors (Lipinski definition) is 0. The maximum Gasteiger partial charge on any atom is 0.199 e. The van der Waals surface area contributed by atoms with Crippen molar-refractivity contribution in [3.05, 3.63) is 52.8 Å². The van der Waals surface area contributed by atoms with E-state index in [2.05, 4.69) is 53.8 Å². The molecule has 2 atom stereocenters. The predicted molar refractivity (Wildman–Crippen MR) is 102 cm³/mol. The number of rotatable bonds is 4. The van der Waals surface area contributed by atoms with Crippen molar-refractivity contribution in [1.82, 2.24) is 19.9 Å². The van der Waals surface area contributed by atoms with Gasteiger partial charge < -0.3 is 4.42 Å². The summed E-state index contributed by atoms with van der Waals surface area (Å²) in [5, 5.41) is 0. The van der Waals surface area contributed by atoms with Gasteiger partial charge in [-0.05, 0) is 75.9 Å². The number of nitrogens with zero attached hydrogens (tertiary/aromatic N) is 4. The van der Waals surface area contributed by atoms with Crippen LogP contribution in [0.2, 0.25) is 0 Å². The van der Waals surface area contributed by atoms with Crippen molar-refractivity contribution in [3.63, 3.8) is 0 Å². The third kappa shape index (κ3) is 3.49. The van der Waals surface area contributed by atoms with Gasteiger partial charge in [-0.25, -0.2) is 4.98 Å². The Morgan fingerprint density at radius 2 is 1.88 bits per heavy atom. The molecule has 26 heavy (non-hydrogen) atoms. The zero-order valence-electron chi connectivity index (χ0n) is 16.0. The highest BCUT2D eigenvalue weighted by Crippen LogP contribution is 2.29. The lowest BCUT2D eigenvalue weighted by Crippen LogP contribution is -2.25. The highest BCUT2D eigenvalue weighted by Gasteiger charge is 2.28. The van der Waals surface area contributed by atoms with Crippen molar-refractivity contribution >= 4 is 11.2 Å². The number of aryl methyl sites for hydroxylation is 3. The lowest BCUT2D eigenvalue weighted by Gasteiger charge is -2.24. The third-order valence-electron chi connectivity index (χ3n) is 5.34. The molecule has 0 spiro atoms. The molecular weight excluding hydrogens is 324 g/mol. The predicted octanol–water partition coefficient (Wildman–Crippen LogP) is 4.17. The molecule has 5 heteroatoms. The van der Waals surface area contributed by atoms with Crippen LogP contribution in [0.3, 0.4) is 0 Å². The Balaban J connectivity index is 1.45. The normalized spacial score (nSPS) is 19.3. The molecule has 1 saturated heterocycles. The molecule has 136 valence electrons. The van der Waals surface area contributed by atoms with Crippen LogP contribution in [0, 0.1) is 26.7 Å². The van der Waals surface area contributed by atoms with Gasteiger partial charge in [0.2, 0.25) is 0 Å². The topological polar surface area (TPSA) is 55.1 Å². The van der Waals surface area contributed by atoms with Gasteiger partial charge in [-0.15, -0.1) is 0 Å². The zero-order chi connectivity index (χ0) is 18.3. The first-order valence-corrected chi connectivity index (χ1v) is 9.40. The minimum atomic E-state index is 0.294. The summed E-state index contributed by atoms with van der Waals surface area (Å²) >= 11 is 0. The summed E-state index contributed by atoms with van der Waals surface area (Å²) in [6.07, 6.45) is 2.36. The van der Waals surface area contributed by atoms with Crippen molar-refractivity contribution in [1.29, 1.82) is 0 Å². The van der Waals surface area contributed by atoms with E-state index in [-0.39, 0.29) is 0 Å². The van der Waals surface area contributed by atoms with E-state index in [1.807, 2.05) is 13.0 Å². The SMILES string of the molecule is Cc1cc(CC2CCN(C(C)c3ccc4oc(C)nc4n3)C2)cc(C)n1. The lowest BCUT2D eigenvalue weighted by atomic mass is 9.98. The summed E-state index contributed by atoms with van der Waals surface area (Å²) in [5.41, 5.74) is 6.19. The molecule has 0 bridgehead atoms. The summed E-state index contributed by atoms with van der Waals surface area (Å²) in [6, 6.07) is 8.80. The zero-order valence-corrected chi connectivity index (χ0v) is 16.0. The second kappa shape index (κ2) is 6.80. The van der Waals surface area contributed by atoms with Gasteiger partial charge in [0.15, 0.2) is 17.1 Å². The van der Waals surface area contributed by atoms with Gasteiger partial charge in [-0.2, -0.15) is 4.98 Å². The fraction of sp³-hybridized carbons (Fsp3) is 0.476. The van der Waals surface area contributed by atoms with Crippen LogP contribution >= 0.6 is 0 Å². The molecule has 0 aromatic carbocycles. The molecule has 0 saturated carbocycles. The number of oxazole rings is 1. The Morgan fingerprint density at radius 3 is 2.65 bits per heavy atom. The summed E-state index contributed by atoms with van der Waals surface area (Å²) < 4.78 is 5.54. The van der Waals surface area contributed by atoms with E-state index in [9.17, 15) is 0 Å². The van der Waals surface area contributed by atoms with E-state index in [0.29, 0.717) is 23.5 Å². The first kappa shape index (κ1) is 17.2. The number of likely N-dealkylation sites (tertiary alicyclic amines) is 1. The molecule has 4 rings (SSSR count). The van der Waals surface area contributed by atoms with E-state index in [0.717, 1.165) is 42.2 Å². The Kier molecular flexibility index (Phi) is 4.49. The fourth-order valence-electron chi connectivity index (χ4n) is 4.11. The second-order valence-corrected chi connectivity index (χ2v) is 7.58. The average molecular weight is 350 g/mol. The first-order valence-electron chi connectivity index (χ1n) is 9.40. The number of aromatic nitrogens is 3. The Bertz CT molecular complexity index is 913. The molecule has 4 heterocycles. The lowest BCUT2D eigenvalue weighted by molar-refractivity contribution is 0.248. The molecule has 1 aliphatic rings. The summed E-state index contributed by atoms with van der Waals surface area (Å²) in [6.45, 7) is 10.5. The molecule has 1 fully saturated rings. The third-order valence-corrected chi connectivity index (χ3v) is 5.34. The second-order valence-electron chi connectivity index (χ2n) is 7.58. The smallest absolute Gasteiger partial charge is 0.199 e. The standard InChI is InChI=1S/C21H26N4O/c1-13-9-18(10-14(2)22-13)11-17-7-8-25(12-17)15(3)19-5-6-20-21(24-19)23-16(4)26-20/h5-6,9-10,15,17H,7-8,11-12H2,1-4H3. The van der Waals surface area contributed by atoms with Crippen LogP contribution in [-0.4, -0.2) is 32.9 Å². The van der Waals surface area contributed by atoms with Gasteiger partial charge in [0.25, 0.3) is 0 Å². The van der Waals surface area contributed by atoms with Gasteiger partial charge in [0.1, 0.15) is 0 Å². The fourth-order valence-corrected chi connectivity index (χ4v) is 4.11. The highest BCUT2D eigenvalue weighted by molar-refractivity contribution is 5.67. The van der Waals surface area contributed by atoms with Crippen molar-refractivity contribution in [2.24, 2.45) is 5.92 Å². The van der Waals surface area contributed by atoms with E-state index in [4.69, 9.17) is 9.40 Å². The maximum absolute atomic E-state index is 5.54. The largest absolute Gasteiger partial charge is 0.439 e. The van der Waals surface area contributed by atoms with Gasteiger partial charge in [0, 0.05) is 30.9 Å². The minimum absolute atomic E-state index is 0.294. The first-order chi connectivity index (χ1) is 12.5. The van der Waals surface area contributed by atoms with Crippen molar-refractivity contribution < 1.29 is 4.42 Å². The van der Waals surface area contributed by atoms with Crippen LogP contribution < -0.4 is 0 Å². The number of hydrogen-bond acceptors (Lipinski definition) is 5. The minimum Gasteiger partial charge on any atom is -0.439 e. The van der Waals surface area contributed by atoms with Crippen LogP contribution in [0.25, 0.3) is 11.2 Å². The Hall–Kier alpha value is -2.27. The van der Waals surface area contributed by atoms with E-state index < -0.39 is 0 Å². The Labute approximate surface area is 154 Å². The van der Waals surface area contributed by atoms with Gasteiger partial charge in [-0.3, -0.25) is 9.88 Å². The maximum atomic E-state index is 5.54. The van der Waals surface area contributed by atoms with Gasteiger partial charge in [0.05, 0.1) is 5.69 Å². The molecule has 2 unspecified atom stereocenters. The summed E-state index contributed by atoms with van der Waals surface area (Å²) in [7, 11) is 0. The molecule has 3 aromatic heterocycles. The van der Waals surface area contributed by atoms with E-state index in [1.165, 1.54) is 12.0 Å². The average Bonchev–Trinajstić information content (AvgIpc) is 3.17. The van der Waals surface area contributed by atoms with Crippen LogP contribution in [0.1, 0.15) is 47.9 Å². The summed E-state index contributed by atoms with van der Waals surface area (Å²) in [4.78, 5) is 16.1. The number of fused-ring (bicyclic) bond motifs is 1. The van der Waals surface area contributed by atoms with Crippen LogP contribution in [0.4, 0.5) is 0 Å². The van der Waals surface area contributed by atoms with Crippen molar-refractivity contribution in [2.75, 3.05) is 13.1 Å². The molecule has 5 nitrogen and oxygen atoms in total. The molecule has 1 aliphatic heterocycles. The molecule has 0 N–H and O–H groups in total. The van der Waals surface area contributed by atoms with E-state index >= 15 is 0 Å². The van der Waals surface area contributed by atoms with Crippen molar-refractivity contribution in [3.8, 4) is 0 Å². The van der Waals surface area contributed by atoms with Crippen molar-refractivity contribution in [2.45, 2.75) is 46.6 Å². The van der Waals surface area contributed by atoms with Gasteiger partial charge >= 0.3 is 0 Å². The molecular formula is C21H26N4O. The highest BCUT2D eigenvalue weighted by atomic mass is 16.3. The molecule has 3 aromatic rings. The number of pyridine rings is 2. The quantitative estimate of drug-likeness (QED) is 0.707. The summed E-state index contributed by atoms with van der Waals surface area (Å²) in [5.74, 6) is 1.36. The molecule has 0 radical (unpaired) electrons. The van der Waals surface area contributed by atoms with E-state index in [1.54, 1.807) is 0 Å².